The van der Waals surface area contributed by atoms with Crippen LogP contribution in [0.5, 0.6) is 0 Å². The highest BCUT2D eigenvalue weighted by Gasteiger charge is 2.22. The lowest BCUT2D eigenvalue weighted by Crippen LogP contribution is -2.36. The number of aromatic nitrogens is 2. The third-order valence-corrected chi connectivity index (χ3v) is 4.62. The summed E-state index contributed by atoms with van der Waals surface area (Å²) in [4.78, 5) is 22.3. The zero-order valence-corrected chi connectivity index (χ0v) is 13.9. The van der Waals surface area contributed by atoms with Crippen LogP contribution in [0.2, 0.25) is 0 Å². The van der Waals surface area contributed by atoms with E-state index in [0.717, 1.165) is 53.5 Å². The number of fused-ring (bicyclic) bond motifs is 1. The molecule has 1 aliphatic heterocycles. The molecule has 0 radical (unpaired) electrons. The molecule has 22 heavy (non-hydrogen) atoms. The van der Waals surface area contributed by atoms with Crippen molar-refractivity contribution in [3.8, 4) is 0 Å². The van der Waals surface area contributed by atoms with Gasteiger partial charge in [0.15, 0.2) is 0 Å². The first-order valence-electron chi connectivity index (χ1n) is 7.57. The first-order valence-corrected chi connectivity index (χ1v) is 8.36. The number of piperidine rings is 1. The Morgan fingerprint density at radius 1 is 1.45 bits per heavy atom. The van der Waals surface area contributed by atoms with Gasteiger partial charge in [0.2, 0.25) is 5.91 Å². The Balaban J connectivity index is 1.82. The average molecular weight is 363 g/mol. The number of pyridine rings is 2. The van der Waals surface area contributed by atoms with Gasteiger partial charge in [-0.15, -0.1) is 0 Å². The molecular weight excluding hydrogens is 344 g/mol. The maximum absolute atomic E-state index is 11.0. The highest BCUT2D eigenvalue weighted by Crippen LogP contribution is 2.30. The van der Waals surface area contributed by atoms with Crippen LogP contribution in [0.4, 0.5) is 5.69 Å². The van der Waals surface area contributed by atoms with Crippen molar-refractivity contribution in [3.05, 3.63) is 29.0 Å². The molecule has 2 aromatic heterocycles. The number of rotatable bonds is 4. The number of hydrogen-bond donors (Lipinski definition) is 1. The first kappa shape index (κ1) is 15.2. The van der Waals surface area contributed by atoms with Gasteiger partial charge < -0.3 is 10.6 Å². The normalized spacial score (nSPS) is 18.6. The van der Waals surface area contributed by atoms with E-state index < -0.39 is 0 Å². The lowest BCUT2D eigenvalue weighted by molar-refractivity contribution is -0.118. The van der Waals surface area contributed by atoms with E-state index in [1.165, 1.54) is 0 Å². The Morgan fingerprint density at radius 3 is 3.14 bits per heavy atom. The van der Waals surface area contributed by atoms with Crippen LogP contribution in [0, 0.1) is 5.92 Å². The molecule has 0 saturated carbocycles. The highest BCUT2D eigenvalue weighted by molar-refractivity contribution is 9.10. The molecule has 1 unspecified atom stereocenters. The number of carbonyl (C=O) groups is 1. The zero-order valence-electron chi connectivity index (χ0n) is 12.3. The number of hydrogen-bond acceptors (Lipinski definition) is 4. The van der Waals surface area contributed by atoms with Gasteiger partial charge in [-0.05, 0) is 53.2 Å². The minimum Gasteiger partial charge on any atom is -0.370 e. The molecule has 2 N–H and O–H groups in total. The molecule has 0 aromatic carbocycles. The summed E-state index contributed by atoms with van der Waals surface area (Å²) in [5.74, 6) is 0.304. The van der Waals surface area contributed by atoms with Gasteiger partial charge in [0.05, 0.1) is 11.2 Å². The molecule has 6 heteroatoms. The Morgan fingerprint density at radius 2 is 2.32 bits per heavy atom. The van der Waals surface area contributed by atoms with E-state index >= 15 is 0 Å². The molecule has 0 spiro atoms. The smallest absolute Gasteiger partial charge is 0.217 e. The van der Waals surface area contributed by atoms with Crippen LogP contribution in [0.25, 0.3) is 11.0 Å². The van der Waals surface area contributed by atoms with Crippen molar-refractivity contribution in [1.82, 2.24) is 9.97 Å². The van der Waals surface area contributed by atoms with Crippen LogP contribution in [0.3, 0.4) is 0 Å². The average Bonchev–Trinajstić information content (AvgIpc) is 2.52. The lowest BCUT2D eigenvalue weighted by atomic mass is 9.93. The zero-order chi connectivity index (χ0) is 15.5. The molecule has 1 atom stereocenters. The summed E-state index contributed by atoms with van der Waals surface area (Å²) >= 11 is 3.44. The first-order chi connectivity index (χ1) is 10.6. The lowest BCUT2D eigenvalue weighted by Gasteiger charge is -2.34. The Bertz CT molecular complexity index is 691. The van der Waals surface area contributed by atoms with Gasteiger partial charge in [0.25, 0.3) is 0 Å². The molecule has 1 fully saturated rings. The van der Waals surface area contributed by atoms with Crippen molar-refractivity contribution in [2.24, 2.45) is 11.7 Å². The van der Waals surface area contributed by atoms with E-state index in [0.29, 0.717) is 12.3 Å². The summed E-state index contributed by atoms with van der Waals surface area (Å²) in [6.45, 7) is 1.97. The van der Waals surface area contributed by atoms with E-state index in [-0.39, 0.29) is 5.91 Å². The largest absolute Gasteiger partial charge is 0.370 e. The standard InChI is InChI=1S/C16H19BrN4O/c17-12-8-13-16(20-9-12)14(5-6-19-13)21-7-1-2-11(10-21)3-4-15(18)22/h5-6,8-9,11H,1-4,7,10H2,(H2,18,22). The second kappa shape index (κ2) is 6.60. The van der Waals surface area contributed by atoms with Crippen LogP contribution in [-0.4, -0.2) is 29.0 Å². The third kappa shape index (κ3) is 3.38. The molecule has 3 rings (SSSR count). The molecule has 1 aliphatic rings. The quantitative estimate of drug-likeness (QED) is 0.907. The molecule has 1 amide bonds. The van der Waals surface area contributed by atoms with Crippen molar-refractivity contribution in [2.45, 2.75) is 25.7 Å². The van der Waals surface area contributed by atoms with Crippen molar-refractivity contribution in [2.75, 3.05) is 18.0 Å². The summed E-state index contributed by atoms with van der Waals surface area (Å²) in [6.07, 6.45) is 7.27. The monoisotopic (exact) mass is 362 g/mol. The van der Waals surface area contributed by atoms with Crippen molar-refractivity contribution < 1.29 is 4.79 Å². The fraction of sp³-hybridized carbons (Fsp3) is 0.438. The van der Waals surface area contributed by atoms with Crippen molar-refractivity contribution in [1.29, 1.82) is 0 Å². The Kier molecular flexibility index (Phi) is 4.57. The fourth-order valence-electron chi connectivity index (χ4n) is 3.11. The minimum atomic E-state index is -0.210. The van der Waals surface area contributed by atoms with Gasteiger partial charge in [-0.3, -0.25) is 14.8 Å². The van der Waals surface area contributed by atoms with Crippen LogP contribution in [-0.2, 0) is 4.79 Å². The summed E-state index contributed by atoms with van der Waals surface area (Å²) < 4.78 is 0.933. The Labute approximate surface area is 138 Å². The molecule has 116 valence electrons. The van der Waals surface area contributed by atoms with Gasteiger partial charge >= 0.3 is 0 Å². The van der Waals surface area contributed by atoms with Crippen molar-refractivity contribution in [3.63, 3.8) is 0 Å². The topological polar surface area (TPSA) is 72.1 Å². The highest BCUT2D eigenvalue weighted by atomic mass is 79.9. The van der Waals surface area contributed by atoms with E-state index in [2.05, 4.69) is 30.8 Å². The number of halogens is 1. The SMILES string of the molecule is NC(=O)CCC1CCCN(c2ccnc3cc(Br)cnc23)C1. The molecule has 0 bridgehead atoms. The number of anilines is 1. The summed E-state index contributed by atoms with van der Waals surface area (Å²) in [6, 6.07) is 4.01. The molecule has 5 nitrogen and oxygen atoms in total. The van der Waals surface area contributed by atoms with Crippen LogP contribution in [0.1, 0.15) is 25.7 Å². The van der Waals surface area contributed by atoms with E-state index in [9.17, 15) is 4.79 Å². The van der Waals surface area contributed by atoms with Gasteiger partial charge in [0.1, 0.15) is 5.52 Å². The number of nitrogens with zero attached hydrogens (tertiary/aromatic N) is 3. The molecule has 0 aliphatic carbocycles. The maximum atomic E-state index is 11.0. The van der Waals surface area contributed by atoms with Crippen LogP contribution in [0.15, 0.2) is 29.0 Å². The van der Waals surface area contributed by atoms with E-state index in [1.54, 1.807) is 0 Å². The van der Waals surface area contributed by atoms with Crippen LogP contribution >= 0.6 is 15.9 Å². The second-order valence-electron chi connectivity index (χ2n) is 5.81. The predicted molar refractivity (Wildman–Crippen MR) is 90.6 cm³/mol. The van der Waals surface area contributed by atoms with Crippen molar-refractivity contribution >= 4 is 38.6 Å². The van der Waals surface area contributed by atoms with Gasteiger partial charge in [-0.2, -0.15) is 0 Å². The number of amides is 1. The van der Waals surface area contributed by atoms with Gasteiger partial charge in [-0.25, -0.2) is 0 Å². The fourth-order valence-corrected chi connectivity index (χ4v) is 3.43. The van der Waals surface area contributed by atoms with Gasteiger partial charge in [0, 0.05) is 36.4 Å². The van der Waals surface area contributed by atoms with Gasteiger partial charge in [-0.1, -0.05) is 0 Å². The van der Waals surface area contributed by atoms with Crippen LogP contribution < -0.4 is 10.6 Å². The predicted octanol–water partition coefficient (Wildman–Crippen LogP) is 2.87. The molecular formula is C16H19BrN4O. The number of nitrogens with two attached hydrogens (primary N) is 1. The summed E-state index contributed by atoms with van der Waals surface area (Å²) in [7, 11) is 0. The summed E-state index contributed by atoms with van der Waals surface area (Å²) in [5, 5.41) is 0. The molecule has 1 saturated heterocycles. The Hall–Kier alpha value is -1.69. The summed E-state index contributed by atoms with van der Waals surface area (Å²) in [5.41, 5.74) is 8.22. The van der Waals surface area contributed by atoms with E-state index in [4.69, 9.17) is 5.73 Å². The maximum Gasteiger partial charge on any atom is 0.217 e. The molecule has 3 heterocycles. The third-order valence-electron chi connectivity index (χ3n) is 4.18. The van der Waals surface area contributed by atoms with E-state index in [1.807, 2.05) is 24.5 Å². The molecule has 2 aromatic rings. The minimum absolute atomic E-state index is 0.210. The number of primary amides is 1. The second-order valence-corrected chi connectivity index (χ2v) is 6.73. The number of carbonyl (C=O) groups excluding carboxylic acids is 1.